The SMILES string of the molecule is Cc1ccc(SC(C)C(=O)O)cc1C. The molecule has 0 saturated carbocycles. The first kappa shape index (κ1) is 11.1. The van der Waals surface area contributed by atoms with E-state index in [-0.39, 0.29) is 0 Å². The highest BCUT2D eigenvalue weighted by Gasteiger charge is 2.12. The summed E-state index contributed by atoms with van der Waals surface area (Å²) in [6, 6.07) is 6.01. The zero-order valence-corrected chi connectivity index (χ0v) is 9.39. The van der Waals surface area contributed by atoms with Crippen molar-refractivity contribution in [2.45, 2.75) is 30.9 Å². The van der Waals surface area contributed by atoms with Crippen molar-refractivity contribution >= 4 is 17.7 Å². The van der Waals surface area contributed by atoms with Crippen molar-refractivity contribution in [3.8, 4) is 0 Å². The maximum absolute atomic E-state index is 10.6. The fourth-order valence-electron chi connectivity index (χ4n) is 1.04. The number of benzene rings is 1. The van der Waals surface area contributed by atoms with Gasteiger partial charge in [0.1, 0.15) is 5.25 Å². The largest absolute Gasteiger partial charge is 0.480 e. The summed E-state index contributed by atoms with van der Waals surface area (Å²) >= 11 is 1.37. The average Bonchev–Trinajstić information content (AvgIpc) is 2.11. The average molecular weight is 210 g/mol. The summed E-state index contributed by atoms with van der Waals surface area (Å²) in [7, 11) is 0. The molecule has 1 rings (SSSR count). The minimum Gasteiger partial charge on any atom is -0.480 e. The smallest absolute Gasteiger partial charge is 0.316 e. The number of carboxylic acid groups (broad SMARTS) is 1. The van der Waals surface area contributed by atoms with E-state index in [0.29, 0.717) is 0 Å². The number of aliphatic carboxylic acids is 1. The van der Waals surface area contributed by atoms with Crippen molar-refractivity contribution in [2.24, 2.45) is 0 Å². The molecule has 0 heterocycles. The topological polar surface area (TPSA) is 37.3 Å². The molecule has 0 aliphatic carbocycles. The van der Waals surface area contributed by atoms with E-state index in [4.69, 9.17) is 5.11 Å². The maximum atomic E-state index is 10.6. The van der Waals surface area contributed by atoms with Crippen molar-refractivity contribution in [1.29, 1.82) is 0 Å². The molecule has 3 heteroatoms. The number of rotatable bonds is 3. The Morgan fingerprint density at radius 1 is 1.36 bits per heavy atom. The molecule has 2 nitrogen and oxygen atoms in total. The summed E-state index contributed by atoms with van der Waals surface area (Å²) in [5, 5.41) is 8.35. The highest BCUT2D eigenvalue weighted by molar-refractivity contribution is 8.00. The molecular weight excluding hydrogens is 196 g/mol. The van der Waals surface area contributed by atoms with Gasteiger partial charge in [-0.2, -0.15) is 0 Å². The fraction of sp³-hybridized carbons (Fsp3) is 0.364. The van der Waals surface area contributed by atoms with Gasteiger partial charge in [-0.3, -0.25) is 4.79 Å². The molecule has 0 amide bonds. The third kappa shape index (κ3) is 2.77. The number of carbonyl (C=O) groups is 1. The van der Waals surface area contributed by atoms with E-state index in [0.717, 1.165) is 4.90 Å². The first-order chi connectivity index (χ1) is 6.50. The normalized spacial score (nSPS) is 12.5. The monoisotopic (exact) mass is 210 g/mol. The van der Waals surface area contributed by atoms with Crippen molar-refractivity contribution < 1.29 is 9.90 Å². The summed E-state index contributed by atoms with van der Waals surface area (Å²) < 4.78 is 0. The highest BCUT2D eigenvalue weighted by atomic mass is 32.2. The van der Waals surface area contributed by atoms with Crippen LogP contribution in [-0.2, 0) is 4.79 Å². The van der Waals surface area contributed by atoms with Crippen molar-refractivity contribution in [2.75, 3.05) is 0 Å². The Balaban J connectivity index is 2.78. The molecular formula is C11H14O2S. The lowest BCUT2D eigenvalue weighted by atomic mass is 10.1. The minimum absolute atomic E-state index is 0.392. The predicted molar refractivity (Wildman–Crippen MR) is 58.9 cm³/mol. The third-order valence-electron chi connectivity index (χ3n) is 2.14. The molecule has 0 bridgehead atoms. The number of thioether (sulfide) groups is 1. The van der Waals surface area contributed by atoms with Crippen molar-refractivity contribution in [3.05, 3.63) is 29.3 Å². The Morgan fingerprint density at radius 2 is 2.00 bits per heavy atom. The van der Waals surface area contributed by atoms with Gasteiger partial charge in [0.2, 0.25) is 0 Å². The summed E-state index contributed by atoms with van der Waals surface area (Å²) in [4.78, 5) is 11.7. The van der Waals surface area contributed by atoms with Gasteiger partial charge in [0.05, 0.1) is 0 Å². The van der Waals surface area contributed by atoms with E-state index in [1.54, 1.807) is 6.92 Å². The molecule has 1 aromatic rings. The van der Waals surface area contributed by atoms with Crippen LogP contribution in [0, 0.1) is 13.8 Å². The molecule has 0 spiro atoms. The molecule has 1 unspecified atom stereocenters. The first-order valence-corrected chi connectivity index (χ1v) is 5.35. The maximum Gasteiger partial charge on any atom is 0.316 e. The Labute approximate surface area is 88.3 Å². The molecule has 1 N–H and O–H groups in total. The zero-order chi connectivity index (χ0) is 10.7. The van der Waals surface area contributed by atoms with Crippen LogP contribution in [0.25, 0.3) is 0 Å². The molecule has 1 atom stereocenters. The second-order valence-electron chi connectivity index (χ2n) is 3.34. The van der Waals surface area contributed by atoms with Crippen molar-refractivity contribution in [1.82, 2.24) is 0 Å². The molecule has 0 aliphatic rings. The van der Waals surface area contributed by atoms with Gasteiger partial charge in [0, 0.05) is 4.90 Å². The lowest BCUT2D eigenvalue weighted by Crippen LogP contribution is -2.10. The van der Waals surface area contributed by atoms with Gasteiger partial charge in [-0.1, -0.05) is 6.07 Å². The molecule has 1 aromatic carbocycles. The van der Waals surface area contributed by atoms with Crippen LogP contribution in [0.5, 0.6) is 0 Å². The number of hydrogen-bond acceptors (Lipinski definition) is 2. The van der Waals surface area contributed by atoms with Crippen LogP contribution in [0.15, 0.2) is 23.1 Å². The molecule has 0 fully saturated rings. The second-order valence-corrected chi connectivity index (χ2v) is 4.76. The zero-order valence-electron chi connectivity index (χ0n) is 8.57. The lowest BCUT2D eigenvalue weighted by molar-refractivity contribution is -0.136. The Morgan fingerprint density at radius 3 is 2.50 bits per heavy atom. The van der Waals surface area contributed by atoms with Crippen LogP contribution in [0.4, 0.5) is 0 Å². The van der Waals surface area contributed by atoms with Crippen LogP contribution in [-0.4, -0.2) is 16.3 Å². The van der Waals surface area contributed by atoms with E-state index in [9.17, 15) is 4.79 Å². The van der Waals surface area contributed by atoms with Gasteiger partial charge in [-0.25, -0.2) is 0 Å². The third-order valence-corrected chi connectivity index (χ3v) is 3.22. The quantitative estimate of drug-likeness (QED) is 0.779. The van der Waals surface area contributed by atoms with Gasteiger partial charge < -0.3 is 5.11 Å². The first-order valence-electron chi connectivity index (χ1n) is 4.47. The Bertz CT molecular complexity index is 347. The molecule has 0 aliphatic heterocycles. The van der Waals surface area contributed by atoms with E-state index >= 15 is 0 Å². The lowest BCUT2D eigenvalue weighted by Gasteiger charge is -2.07. The molecule has 0 radical (unpaired) electrons. The second kappa shape index (κ2) is 4.51. The Kier molecular flexibility index (Phi) is 3.58. The van der Waals surface area contributed by atoms with Crippen LogP contribution < -0.4 is 0 Å². The van der Waals surface area contributed by atoms with Gasteiger partial charge >= 0.3 is 5.97 Å². The number of carboxylic acids is 1. The summed E-state index contributed by atoms with van der Waals surface area (Å²) in [5.74, 6) is -0.770. The predicted octanol–water partition coefficient (Wildman–Crippen LogP) is 2.87. The molecule has 76 valence electrons. The fourth-order valence-corrected chi connectivity index (χ4v) is 1.94. The number of aryl methyl sites for hydroxylation is 2. The van der Waals surface area contributed by atoms with E-state index in [1.165, 1.54) is 22.9 Å². The highest BCUT2D eigenvalue weighted by Crippen LogP contribution is 2.25. The van der Waals surface area contributed by atoms with E-state index in [2.05, 4.69) is 0 Å². The Hall–Kier alpha value is -0.960. The minimum atomic E-state index is -0.770. The summed E-state index contributed by atoms with van der Waals surface area (Å²) in [5.41, 5.74) is 2.44. The molecule has 0 saturated heterocycles. The standard InChI is InChI=1S/C11H14O2S/c1-7-4-5-10(6-8(7)2)14-9(3)11(12)13/h4-6,9H,1-3H3,(H,12,13). The van der Waals surface area contributed by atoms with Crippen LogP contribution in [0.1, 0.15) is 18.1 Å². The van der Waals surface area contributed by atoms with Gasteiger partial charge in [-0.05, 0) is 44.0 Å². The van der Waals surface area contributed by atoms with E-state index < -0.39 is 11.2 Å². The summed E-state index contributed by atoms with van der Waals surface area (Å²) in [6.07, 6.45) is 0. The summed E-state index contributed by atoms with van der Waals surface area (Å²) in [6.45, 7) is 5.78. The molecule has 14 heavy (non-hydrogen) atoms. The van der Waals surface area contributed by atoms with Crippen LogP contribution in [0.2, 0.25) is 0 Å². The van der Waals surface area contributed by atoms with Crippen LogP contribution >= 0.6 is 11.8 Å². The van der Waals surface area contributed by atoms with Gasteiger partial charge in [0.25, 0.3) is 0 Å². The van der Waals surface area contributed by atoms with Crippen LogP contribution in [0.3, 0.4) is 0 Å². The molecule has 0 aromatic heterocycles. The van der Waals surface area contributed by atoms with Gasteiger partial charge in [0.15, 0.2) is 0 Å². The van der Waals surface area contributed by atoms with Gasteiger partial charge in [-0.15, -0.1) is 11.8 Å². The van der Waals surface area contributed by atoms with E-state index in [1.807, 2.05) is 32.0 Å². The number of hydrogen-bond donors (Lipinski definition) is 1. The van der Waals surface area contributed by atoms with Crippen molar-refractivity contribution in [3.63, 3.8) is 0 Å².